The fraction of sp³-hybridized carbons (Fsp3) is 0.636. The first-order valence-corrected chi connectivity index (χ1v) is 13.5. The van der Waals surface area contributed by atoms with E-state index in [-0.39, 0.29) is 27.6 Å². The molecule has 2 aliphatic rings. The number of carbonyl (C=O) groups excluding carboxylic acids is 1. The number of aryl methyl sites for hydroxylation is 1. The van der Waals surface area contributed by atoms with Crippen LogP contribution in [0.25, 0.3) is 10.2 Å². The molecule has 1 saturated heterocycles. The first kappa shape index (κ1) is 22.5. The van der Waals surface area contributed by atoms with Crippen molar-refractivity contribution < 1.29 is 13.2 Å². The van der Waals surface area contributed by atoms with Crippen LogP contribution in [0.1, 0.15) is 57.8 Å². The second-order valence-electron chi connectivity index (χ2n) is 8.79. The fourth-order valence-corrected chi connectivity index (χ4v) is 7.19. The molecule has 1 aromatic carbocycles. The van der Waals surface area contributed by atoms with Crippen molar-refractivity contribution in [3.05, 3.63) is 27.9 Å². The van der Waals surface area contributed by atoms with Gasteiger partial charge in [0.25, 0.3) is 0 Å². The Balaban J connectivity index is 1.38. The van der Waals surface area contributed by atoms with Gasteiger partial charge in [0.05, 0.1) is 15.1 Å². The molecule has 2 aromatic rings. The molecule has 1 amide bonds. The van der Waals surface area contributed by atoms with Crippen LogP contribution in [0.15, 0.2) is 27.9 Å². The number of amides is 1. The number of hydrogen-bond acceptors (Lipinski definition) is 5. The highest BCUT2D eigenvalue weighted by Gasteiger charge is 2.33. The van der Waals surface area contributed by atoms with E-state index in [1.807, 2.05) is 0 Å². The summed E-state index contributed by atoms with van der Waals surface area (Å²) in [6.07, 6.45) is 9.30. The number of sulfonamides is 1. The highest BCUT2D eigenvalue weighted by atomic mass is 32.2. The van der Waals surface area contributed by atoms with E-state index >= 15 is 0 Å². The Kier molecular flexibility index (Phi) is 6.83. The Hall–Kier alpha value is -1.71. The predicted molar refractivity (Wildman–Crippen MR) is 123 cm³/mol. The van der Waals surface area contributed by atoms with Crippen LogP contribution in [0.5, 0.6) is 0 Å². The van der Waals surface area contributed by atoms with Gasteiger partial charge in [-0.1, -0.05) is 43.4 Å². The van der Waals surface area contributed by atoms with Crippen molar-refractivity contribution in [2.45, 2.75) is 68.7 Å². The molecule has 1 saturated carbocycles. The third-order valence-corrected chi connectivity index (χ3v) is 9.57. The molecule has 1 aromatic heterocycles. The summed E-state index contributed by atoms with van der Waals surface area (Å²) >= 11 is 1.05. The van der Waals surface area contributed by atoms with Crippen LogP contribution in [0.3, 0.4) is 0 Å². The molecule has 2 heterocycles. The lowest BCUT2D eigenvalue weighted by Crippen LogP contribution is -2.45. The van der Waals surface area contributed by atoms with E-state index < -0.39 is 10.0 Å². The summed E-state index contributed by atoms with van der Waals surface area (Å²) < 4.78 is 29.9. The molecule has 4 rings (SSSR count). The minimum atomic E-state index is -3.65. The van der Waals surface area contributed by atoms with E-state index in [0.717, 1.165) is 29.7 Å². The molecule has 7 nitrogen and oxygen atoms in total. The van der Waals surface area contributed by atoms with Gasteiger partial charge in [-0.3, -0.25) is 9.59 Å². The maximum atomic E-state index is 13.1. The molecule has 1 N–H and O–H groups in total. The Morgan fingerprint density at radius 3 is 2.35 bits per heavy atom. The average molecular weight is 466 g/mol. The smallest absolute Gasteiger partial charge is 0.307 e. The van der Waals surface area contributed by atoms with Gasteiger partial charge in [0.2, 0.25) is 15.9 Å². The Morgan fingerprint density at radius 2 is 1.68 bits per heavy atom. The van der Waals surface area contributed by atoms with Gasteiger partial charge in [-0.05, 0) is 43.9 Å². The van der Waals surface area contributed by atoms with Crippen molar-refractivity contribution in [3.63, 3.8) is 0 Å². The summed E-state index contributed by atoms with van der Waals surface area (Å²) in [5.74, 6) is -0.0446. The summed E-state index contributed by atoms with van der Waals surface area (Å²) in [5.41, 5.74) is 0.735. The van der Waals surface area contributed by atoms with Crippen LogP contribution >= 0.6 is 11.3 Å². The van der Waals surface area contributed by atoms with Gasteiger partial charge in [-0.2, -0.15) is 4.31 Å². The zero-order valence-electron chi connectivity index (χ0n) is 18.0. The fourth-order valence-electron chi connectivity index (χ4n) is 4.70. The number of thiazole rings is 1. The Morgan fingerprint density at radius 1 is 1.03 bits per heavy atom. The first-order valence-electron chi connectivity index (χ1n) is 11.3. The van der Waals surface area contributed by atoms with Crippen molar-refractivity contribution in [2.75, 3.05) is 13.1 Å². The SMILES string of the molecule is Cn1c(=O)sc2cc(S(=O)(=O)N3CCC(C(=O)NC4CCCCCCC4)CC3)ccc21. The molecule has 1 aliphatic carbocycles. The monoisotopic (exact) mass is 465 g/mol. The van der Waals surface area contributed by atoms with E-state index in [4.69, 9.17) is 0 Å². The lowest BCUT2D eigenvalue weighted by molar-refractivity contribution is -0.127. The van der Waals surface area contributed by atoms with Crippen LogP contribution < -0.4 is 10.2 Å². The largest absolute Gasteiger partial charge is 0.353 e. The zero-order valence-corrected chi connectivity index (χ0v) is 19.6. The molecule has 0 spiro atoms. The number of fused-ring (bicyclic) bond motifs is 1. The molecule has 2 fully saturated rings. The van der Waals surface area contributed by atoms with E-state index in [2.05, 4.69) is 5.32 Å². The van der Waals surface area contributed by atoms with Crippen molar-refractivity contribution in [3.8, 4) is 0 Å². The van der Waals surface area contributed by atoms with Crippen LogP contribution in [-0.2, 0) is 21.9 Å². The highest BCUT2D eigenvalue weighted by molar-refractivity contribution is 7.89. The predicted octanol–water partition coefficient (Wildman–Crippen LogP) is 3.23. The molecular weight excluding hydrogens is 434 g/mol. The van der Waals surface area contributed by atoms with Crippen molar-refractivity contribution in [2.24, 2.45) is 13.0 Å². The second kappa shape index (κ2) is 9.42. The Bertz CT molecular complexity index is 1090. The average Bonchev–Trinajstić information content (AvgIpc) is 3.03. The Labute approximate surface area is 187 Å². The van der Waals surface area contributed by atoms with Gasteiger partial charge in [-0.15, -0.1) is 0 Å². The minimum absolute atomic E-state index is 0.0816. The quantitative estimate of drug-likeness (QED) is 0.751. The molecule has 9 heteroatoms. The first-order chi connectivity index (χ1) is 14.9. The molecule has 0 unspecified atom stereocenters. The van der Waals surface area contributed by atoms with Crippen LogP contribution in [0, 0.1) is 5.92 Å². The van der Waals surface area contributed by atoms with Gasteiger partial charge >= 0.3 is 4.87 Å². The second-order valence-corrected chi connectivity index (χ2v) is 11.7. The van der Waals surface area contributed by atoms with Gasteiger partial charge in [0.15, 0.2) is 0 Å². The van der Waals surface area contributed by atoms with E-state index in [0.29, 0.717) is 30.6 Å². The third kappa shape index (κ3) is 4.88. The summed E-state index contributed by atoms with van der Waals surface area (Å²) in [6.45, 7) is 0.683. The molecule has 170 valence electrons. The molecule has 1 aliphatic heterocycles. The number of piperidine rings is 1. The standard InChI is InChI=1S/C22H31N3O4S2/c1-24-19-10-9-18(15-20(19)30-22(24)27)31(28,29)25-13-11-16(12-14-25)21(26)23-17-7-5-3-2-4-6-8-17/h9-10,15-17H,2-8,11-14H2,1H3,(H,23,26). The number of hydrogen-bond donors (Lipinski definition) is 1. The summed E-state index contributed by atoms with van der Waals surface area (Å²) in [4.78, 5) is 24.7. The molecule has 0 bridgehead atoms. The third-order valence-electron chi connectivity index (χ3n) is 6.68. The number of nitrogens with zero attached hydrogens (tertiary/aromatic N) is 2. The lowest BCUT2D eigenvalue weighted by Gasteiger charge is -2.31. The van der Waals surface area contributed by atoms with Gasteiger partial charge in [-0.25, -0.2) is 8.42 Å². The number of benzene rings is 1. The van der Waals surface area contributed by atoms with Gasteiger partial charge in [0.1, 0.15) is 0 Å². The normalized spacial score (nSPS) is 20.4. The lowest BCUT2D eigenvalue weighted by atomic mass is 9.94. The number of aromatic nitrogens is 1. The maximum absolute atomic E-state index is 13.1. The van der Waals surface area contributed by atoms with E-state index in [1.165, 1.54) is 41.0 Å². The minimum Gasteiger partial charge on any atom is -0.353 e. The molecule has 0 atom stereocenters. The highest BCUT2D eigenvalue weighted by Crippen LogP contribution is 2.27. The van der Waals surface area contributed by atoms with Crippen LogP contribution in [0.4, 0.5) is 0 Å². The number of rotatable bonds is 4. The van der Waals surface area contributed by atoms with Crippen molar-refractivity contribution >= 4 is 37.5 Å². The molecular formula is C22H31N3O4S2. The summed E-state index contributed by atoms with van der Waals surface area (Å²) in [7, 11) is -1.96. The van der Waals surface area contributed by atoms with Crippen molar-refractivity contribution in [1.82, 2.24) is 14.2 Å². The number of carbonyl (C=O) groups is 1. The summed E-state index contributed by atoms with van der Waals surface area (Å²) in [6, 6.07) is 5.11. The van der Waals surface area contributed by atoms with Crippen LogP contribution in [0.2, 0.25) is 0 Å². The zero-order chi connectivity index (χ0) is 22.0. The van der Waals surface area contributed by atoms with E-state index in [1.54, 1.807) is 25.2 Å². The van der Waals surface area contributed by atoms with E-state index in [9.17, 15) is 18.0 Å². The topological polar surface area (TPSA) is 88.5 Å². The van der Waals surface area contributed by atoms with Gasteiger partial charge in [0, 0.05) is 32.1 Å². The van der Waals surface area contributed by atoms with Gasteiger partial charge < -0.3 is 9.88 Å². The van der Waals surface area contributed by atoms with Crippen molar-refractivity contribution in [1.29, 1.82) is 0 Å². The van der Waals surface area contributed by atoms with Crippen LogP contribution in [-0.4, -0.2) is 42.3 Å². The number of nitrogens with one attached hydrogen (secondary N) is 1. The molecule has 0 radical (unpaired) electrons. The molecule has 31 heavy (non-hydrogen) atoms. The maximum Gasteiger partial charge on any atom is 0.307 e. The summed E-state index contributed by atoms with van der Waals surface area (Å²) in [5, 5.41) is 3.23.